The van der Waals surface area contributed by atoms with Gasteiger partial charge in [0.2, 0.25) is 0 Å². The lowest BCUT2D eigenvalue weighted by molar-refractivity contribution is 0.124. The molecule has 1 aromatic rings. The summed E-state index contributed by atoms with van der Waals surface area (Å²) in [6.45, 7) is 7.45. The van der Waals surface area contributed by atoms with E-state index in [1.807, 2.05) is 6.07 Å². The van der Waals surface area contributed by atoms with Crippen LogP contribution in [-0.2, 0) is 16.4 Å². The van der Waals surface area contributed by atoms with E-state index >= 15 is 0 Å². The van der Waals surface area contributed by atoms with Gasteiger partial charge in [-0.1, -0.05) is 26.0 Å². The maximum atomic E-state index is 12.4. The van der Waals surface area contributed by atoms with Crippen LogP contribution >= 0.6 is 0 Å². The van der Waals surface area contributed by atoms with Crippen molar-refractivity contribution >= 4 is 9.84 Å². The molecular weight excluding hydrogens is 284 g/mol. The maximum Gasteiger partial charge on any atom is 0.179 e. The summed E-state index contributed by atoms with van der Waals surface area (Å²) in [5.74, 6) is 0.178. The summed E-state index contributed by atoms with van der Waals surface area (Å²) in [7, 11) is -3.23. The second-order valence-electron chi connectivity index (χ2n) is 6.71. The zero-order valence-electron chi connectivity index (χ0n) is 13.0. The zero-order valence-corrected chi connectivity index (χ0v) is 13.8. The lowest BCUT2D eigenvalue weighted by Gasteiger charge is -2.37. The van der Waals surface area contributed by atoms with E-state index < -0.39 is 9.84 Å². The van der Waals surface area contributed by atoms with Crippen molar-refractivity contribution in [2.24, 2.45) is 11.1 Å². The largest absolute Gasteiger partial charge is 0.326 e. The molecule has 0 aliphatic carbocycles. The van der Waals surface area contributed by atoms with Gasteiger partial charge in [-0.25, -0.2) is 8.42 Å². The second-order valence-corrected chi connectivity index (χ2v) is 8.82. The van der Waals surface area contributed by atoms with Crippen LogP contribution in [0.1, 0.15) is 32.3 Å². The van der Waals surface area contributed by atoms with Gasteiger partial charge in [-0.05, 0) is 42.5 Å². The molecule has 1 aliphatic rings. The number of benzene rings is 1. The van der Waals surface area contributed by atoms with Crippen LogP contribution in [0.15, 0.2) is 29.2 Å². The summed E-state index contributed by atoms with van der Waals surface area (Å²) in [5.41, 5.74) is 6.73. The molecule has 0 unspecified atom stereocenters. The summed E-state index contributed by atoms with van der Waals surface area (Å²) in [6, 6.07) is 6.97. The molecule has 0 amide bonds. The van der Waals surface area contributed by atoms with Crippen LogP contribution in [-0.4, -0.2) is 38.7 Å². The van der Waals surface area contributed by atoms with Crippen LogP contribution in [0.5, 0.6) is 0 Å². The van der Waals surface area contributed by atoms with E-state index in [2.05, 4.69) is 18.7 Å². The number of rotatable bonds is 5. The van der Waals surface area contributed by atoms with Gasteiger partial charge in [0.25, 0.3) is 0 Å². The highest BCUT2D eigenvalue weighted by Crippen LogP contribution is 2.28. The molecule has 1 saturated heterocycles. The predicted molar refractivity (Wildman–Crippen MR) is 85.8 cm³/mol. The molecule has 21 heavy (non-hydrogen) atoms. The van der Waals surface area contributed by atoms with Gasteiger partial charge >= 0.3 is 0 Å². The molecule has 2 N–H and O–H groups in total. The smallest absolute Gasteiger partial charge is 0.179 e. The molecule has 0 radical (unpaired) electrons. The van der Waals surface area contributed by atoms with E-state index in [0.717, 1.165) is 25.1 Å². The Labute approximate surface area is 128 Å². The topological polar surface area (TPSA) is 63.4 Å². The molecule has 0 atom stereocenters. The Bertz CT molecular complexity index is 582. The minimum atomic E-state index is -3.23. The van der Waals surface area contributed by atoms with E-state index in [4.69, 9.17) is 5.73 Å². The minimum Gasteiger partial charge on any atom is -0.326 e. The molecule has 2 rings (SSSR count). The van der Waals surface area contributed by atoms with Crippen LogP contribution < -0.4 is 5.73 Å². The van der Waals surface area contributed by atoms with Gasteiger partial charge in [0.15, 0.2) is 9.84 Å². The van der Waals surface area contributed by atoms with Crippen LogP contribution in [0.4, 0.5) is 0 Å². The monoisotopic (exact) mass is 310 g/mol. The zero-order chi connectivity index (χ0) is 15.5. The van der Waals surface area contributed by atoms with E-state index in [9.17, 15) is 8.42 Å². The third-order valence-electron chi connectivity index (χ3n) is 4.15. The van der Waals surface area contributed by atoms with Gasteiger partial charge in [-0.15, -0.1) is 0 Å². The van der Waals surface area contributed by atoms with Gasteiger partial charge in [0, 0.05) is 19.6 Å². The molecule has 118 valence electrons. The predicted octanol–water partition coefficient (Wildman–Crippen LogP) is 2.04. The Kier molecular flexibility index (Phi) is 5.07. The first-order valence-electron chi connectivity index (χ1n) is 7.57. The number of likely N-dealkylation sites (tertiary alicyclic amines) is 1. The van der Waals surface area contributed by atoms with Crippen molar-refractivity contribution in [3.05, 3.63) is 29.8 Å². The molecule has 0 saturated carbocycles. The number of nitrogens with zero attached hydrogens (tertiary/aromatic N) is 1. The summed E-state index contributed by atoms with van der Waals surface area (Å²) in [5, 5.41) is 0. The van der Waals surface area contributed by atoms with Gasteiger partial charge in [-0.2, -0.15) is 0 Å². The highest BCUT2D eigenvalue weighted by Gasteiger charge is 2.27. The fourth-order valence-corrected chi connectivity index (χ4v) is 4.32. The quantitative estimate of drug-likeness (QED) is 0.904. The molecule has 4 nitrogen and oxygen atoms in total. The maximum absolute atomic E-state index is 12.4. The minimum absolute atomic E-state index is 0.178. The number of piperidine rings is 1. The molecule has 1 heterocycles. The van der Waals surface area contributed by atoms with E-state index in [1.54, 1.807) is 18.2 Å². The van der Waals surface area contributed by atoms with Crippen molar-refractivity contribution in [2.45, 2.75) is 38.1 Å². The first-order valence-corrected chi connectivity index (χ1v) is 9.22. The molecule has 0 bridgehead atoms. The highest BCUT2D eigenvalue weighted by molar-refractivity contribution is 7.91. The first kappa shape index (κ1) is 16.5. The Morgan fingerprint density at radius 1 is 1.33 bits per heavy atom. The third-order valence-corrected chi connectivity index (χ3v) is 5.84. The average molecular weight is 310 g/mol. The van der Waals surface area contributed by atoms with E-state index in [1.165, 1.54) is 6.42 Å². The van der Waals surface area contributed by atoms with Crippen molar-refractivity contribution in [3.63, 3.8) is 0 Å². The second kappa shape index (κ2) is 6.46. The first-order chi connectivity index (χ1) is 9.82. The van der Waals surface area contributed by atoms with Crippen molar-refractivity contribution in [1.29, 1.82) is 0 Å². The fourth-order valence-electron chi connectivity index (χ4n) is 2.97. The van der Waals surface area contributed by atoms with Gasteiger partial charge in [-0.3, -0.25) is 0 Å². The van der Waals surface area contributed by atoms with Gasteiger partial charge < -0.3 is 10.6 Å². The molecular formula is C16H26N2O2S. The number of nitrogens with two attached hydrogens (primary N) is 1. The Morgan fingerprint density at radius 3 is 2.76 bits per heavy atom. The molecule has 5 heteroatoms. The third kappa shape index (κ3) is 4.53. The Balaban J connectivity index is 2.01. The van der Waals surface area contributed by atoms with Crippen molar-refractivity contribution in [1.82, 2.24) is 4.90 Å². The normalized spacial score (nSPS) is 19.6. The van der Waals surface area contributed by atoms with Crippen molar-refractivity contribution < 1.29 is 8.42 Å². The number of hydrogen-bond donors (Lipinski definition) is 1. The molecule has 1 aliphatic heterocycles. The lowest BCUT2D eigenvalue weighted by atomic mass is 9.84. The standard InChI is InChI=1S/C16H26N2O2S/c1-16(2)7-4-8-18(13-16)9-10-21(19,20)15-6-3-5-14(11-15)12-17/h3,5-6,11H,4,7-10,12-13,17H2,1-2H3. The molecule has 0 spiro atoms. The summed E-state index contributed by atoms with van der Waals surface area (Å²) >= 11 is 0. The van der Waals surface area contributed by atoms with E-state index in [0.29, 0.717) is 23.4 Å². The average Bonchev–Trinajstić information content (AvgIpc) is 2.44. The van der Waals surface area contributed by atoms with Crippen LogP contribution in [0.2, 0.25) is 0 Å². The molecule has 0 aromatic heterocycles. The van der Waals surface area contributed by atoms with Crippen LogP contribution in [0.25, 0.3) is 0 Å². The summed E-state index contributed by atoms with van der Waals surface area (Å²) in [4.78, 5) is 2.66. The Hall–Kier alpha value is -0.910. The van der Waals surface area contributed by atoms with Gasteiger partial charge in [0.1, 0.15) is 0 Å². The highest BCUT2D eigenvalue weighted by atomic mass is 32.2. The lowest BCUT2D eigenvalue weighted by Crippen LogP contribution is -2.42. The van der Waals surface area contributed by atoms with Crippen molar-refractivity contribution in [3.8, 4) is 0 Å². The summed E-state index contributed by atoms with van der Waals surface area (Å²) in [6.07, 6.45) is 2.37. The van der Waals surface area contributed by atoms with Crippen LogP contribution in [0, 0.1) is 5.41 Å². The molecule has 1 aromatic carbocycles. The number of sulfone groups is 1. The molecule has 1 fully saturated rings. The van der Waals surface area contributed by atoms with E-state index in [-0.39, 0.29) is 5.75 Å². The van der Waals surface area contributed by atoms with Crippen LogP contribution in [0.3, 0.4) is 0 Å². The number of hydrogen-bond acceptors (Lipinski definition) is 4. The Morgan fingerprint density at radius 2 is 2.10 bits per heavy atom. The SMILES string of the molecule is CC1(C)CCCN(CCS(=O)(=O)c2cccc(CN)c2)C1. The van der Waals surface area contributed by atoms with Gasteiger partial charge in [0.05, 0.1) is 10.6 Å². The fraction of sp³-hybridized carbons (Fsp3) is 0.625. The summed E-state index contributed by atoms with van der Waals surface area (Å²) < 4.78 is 24.9. The van der Waals surface area contributed by atoms with Crippen molar-refractivity contribution in [2.75, 3.05) is 25.4 Å².